The van der Waals surface area contributed by atoms with Crippen molar-refractivity contribution in [2.24, 2.45) is 0 Å². The van der Waals surface area contributed by atoms with Gasteiger partial charge in [0.05, 0.1) is 24.8 Å². The fourth-order valence-electron chi connectivity index (χ4n) is 2.60. The van der Waals surface area contributed by atoms with Gasteiger partial charge in [-0.3, -0.25) is 9.59 Å². The minimum absolute atomic E-state index is 0.00476. The number of fused-ring (bicyclic) bond motifs is 1. The molecule has 1 aromatic rings. The molecule has 1 aliphatic rings. The summed E-state index contributed by atoms with van der Waals surface area (Å²) in [5, 5.41) is 5.59. The number of methoxy groups -OCH3 is 1. The third kappa shape index (κ3) is 4.38. The normalized spacial score (nSPS) is 16.1. The maximum absolute atomic E-state index is 12.2. The molecule has 7 heteroatoms. The van der Waals surface area contributed by atoms with Gasteiger partial charge in [-0.2, -0.15) is 0 Å². The largest absolute Gasteiger partial charge is 0.489 e. The summed E-state index contributed by atoms with van der Waals surface area (Å²) in [5.41, 5.74) is 1.37. The van der Waals surface area contributed by atoms with Gasteiger partial charge in [0.2, 0.25) is 5.91 Å². The molecule has 0 fully saturated rings. The van der Waals surface area contributed by atoms with E-state index in [2.05, 4.69) is 10.6 Å². The quantitative estimate of drug-likeness (QED) is 0.720. The Kier molecular flexibility index (Phi) is 6.43. The summed E-state index contributed by atoms with van der Waals surface area (Å²) in [6.45, 7) is 3.87. The zero-order valence-corrected chi connectivity index (χ0v) is 14.4. The Labute approximate surface area is 142 Å². The Bertz CT molecular complexity index is 591. The average Bonchev–Trinajstić information content (AvgIpc) is 2.57. The van der Waals surface area contributed by atoms with Crippen LogP contribution in [0, 0.1) is 0 Å². The molecule has 0 radical (unpaired) electrons. The molecule has 0 unspecified atom stereocenters. The second-order valence-corrected chi connectivity index (χ2v) is 5.66. The number of nitrogens with one attached hydrogen (secondary N) is 2. The summed E-state index contributed by atoms with van der Waals surface area (Å²) in [6, 6.07) is 5.26. The molecule has 0 saturated heterocycles. The lowest BCUT2D eigenvalue weighted by Crippen LogP contribution is -2.44. The Morgan fingerprint density at radius 1 is 1.38 bits per heavy atom. The number of carbonyl (C=O) groups excluding carboxylic acids is 2. The van der Waals surface area contributed by atoms with Crippen LogP contribution in [0.2, 0.25) is 0 Å². The minimum atomic E-state index is -0.158. The average molecular weight is 335 g/mol. The van der Waals surface area contributed by atoms with Crippen molar-refractivity contribution in [3.8, 4) is 5.75 Å². The van der Waals surface area contributed by atoms with E-state index in [1.807, 2.05) is 18.9 Å². The summed E-state index contributed by atoms with van der Waals surface area (Å²) in [5.74, 6) is 0.557. The van der Waals surface area contributed by atoms with E-state index >= 15 is 0 Å². The predicted octanol–water partition coefficient (Wildman–Crippen LogP) is 0.786. The van der Waals surface area contributed by atoms with Crippen molar-refractivity contribution >= 4 is 17.5 Å². The zero-order valence-electron chi connectivity index (χ0n) is 14.4. The summed E-state index contributed by atoms with van der Waals surface area (Å²) in [6.07, 6.45) is 0.355. The Morgan fingerprint density at radius 3 is 2.88 bits per heavy atom. The first-order valence-corrected chi connectivity index (χ1v) is 8.10. The number of amides is 2. The molecule has 24 heavy (non-hydrogen) atoms. The third-order valence-corrected chi connectivity index (χ3v) is 3.97. The number of anilines is 1. The highest BCUT2D eigenvalue weighted by Gasteiger charge is 2.27. The van der Waals surface area contributed by atoms with Gasteiger partial charge in [0, 0.05) is 32.8 Å². The number of hydrogen-bond donors (Lipinski definition) is 2. The van der Waals surface area contributed by atoms with Gasteiger partial charge >= 0.3 is 0 Å². The van der Waals surface area contributed by atoms with Crippen molar-refractivity contribution in [3.63, 3.8) is 0 Å². The van der Waals surface area contributed by atoms with E-state index in [1.165, 1.54) is 0 Å². The first-order valence-electron chi connectivity index (χ1n) is 8.10. The van der Waals surface area contributed by atoms with Crippen LogP contribution in [0.15, 0.2) is 18.2 Å². The SMILES string of the molecule is CCNC(=O)C[C@H]1COc2ccc(C(=O)NCCOC)cc2N1C. The van der Waals surface area contributed by atoms with Gasteiger partial charge in [-0.05, 0) is 25.1 Å². The Hall–Kier alpha value is -2.28. The number of carbonyl (C=O) groups is 2. The van der Waals surface area contributed by atoms with Crippen molar-refractivity contribution < 1.29 is 19.1 Å². The van der Waals surface area contributed by atoms with E-state index in [4.69, 9.17) is 9.47 Å². The minimum Gasteiger partial charge on any atom is -0.489 e. The summed E-state index contributed by atoms with van der Waals surface area (Å²) in [4.78, 5) is 26.0. The molecular weight excluding hydrogens is 310 g/mol. The highest BCUT2D eigenvalue weighted by atomic mass is 16.5. The lowest BCUT2D eigenvalue weighted by Gasteiger charge is -2.35. The van der Waals surface area contributed by atoms with Crippen LogP contribution in [0.3, 0.4) is 0 Å². The van der Waals surface area contributed by atoms with E-state index in [0.29, 0.717) is 38.3 Å². The first-order chi connectivity index (χ1) is 11.6. The lowest BCUT2D eigenvalue weighted by atomic mass is 10.1. The predicted molar refractivity (Wildman–Crippen MR) is 91.6 cm³/mol. The first kappa shape index (κ1) is 18.1. The van der Waals surface area contributed by atoms with E-state index in [1.54, 1.807) is 25.3 Å². The molecule has 0 aliphatic carbocycles. The molecule has 132 valence electrons. The topological polar surface area (TPSA) is 79.9 Å². The highest BCUT2D eigenvalue weighted by Crippen LogP contribution is 2.34. The van der Waals surface area contributed by atoms with Crippen molar-refractivity contribution in [1.82, 2.24) is 10.6 Å². The van der Waals surface area contributed by atoms with Crippen molar-refractivity contribution in [3.05, 3.63) is 23.8 Å². The van der Waals surface area contributed by atoms with Crippen LogP contribution in [-0.4, -0.2) is 58.3 Å². The number of ether oxygens (including phenoxy) is 2. The Balaban J connectivity index is 2.09. The van der Waals surface area contributed by atoms with E-state index in [-0.39, 0.29) is 17.9 Å². The van der Waals surface area contributed by atoms with Crippen LogP contribution >= 0.6 is 0 Å². The molecule has 2 N–H and O–H groups in total. The van der Waals surface area contributed by atoms with Gasteiger partial charge in [0.1, 0.15) is 12.4 Å². The molecule has 1 aliphatic heterocycles. The lowest BCUT2D eigenvalue weighted by molar-refractivity contribution is -0.121. The number of nitrogens with zero attached hydrogens (tertiary/aromatic N) is 1. The van der Waals surface area contributed by atoms with Crippen LogP contribution in [0.1, 0.15) is 23.7 Å². The van der Waals surface area contributed by atoms with Gasteiger partial charge in [-0.1, -0.05) is 0 Å². The molecule has 7 nitrogen and oxygen atoms in total. The third-order valence-electron chi connectivity index (χ3n) is 3.97. The number of rotatable bonds is 7. The van der Waals surface area contributed by atoms with E-state index < -0.39 is 0 Å². The fraction of sp³-hybridized carbons (Fsp3) is 0.529. The summed E-state index contributed by atoms with van der Waals surface area (Å²) in [7, 11) is 3.50. The second kappa shape index (κ2) is 8.54. The smallest absolute Gasteiger partial charge is 0.251 e. The van der Waals surface area contributed by atoms with Crippen molar-refractivity contribution in [2.75, 3.05) is 45.4 Å². The molecule has 0 bridgehead atoms. The number of likely N-dealkylation sites (N-methyl/N-ethyl adjacent to an activating group) is 1. The van der Waals surface area contributed by atoms with Crippen LogP contribution in [-0.2, 0) is 9.53 Å². The number of hydrogen-bond acceptors (Lipinski definition) is 5. The molecular formula is C17H25N3O4. The molecule has 0 saturated carbocycles. The van der Waals surface area contributed by atoms with Gasteiger partial charge < -0.3 is 25.0 Å². The molecule has 0 aromatic heterocycles. The molecule has 2 amide bonds. The molecule has 0 spiro atoms. The van der Waals surface area contributed by atoms with Crippen LogP contribution in [0.25, 0.3) is 0 Å². The van der Waals surface area contributed by atoms with Crippen LogP contribution in [0.4, 0.5) is 5.69 Å². The molecule has 1 heterocycles. The van der Waals surface area contributed by atoms with E-state index in [9.17, 15) is 9.59 Å². The maximum Gasteiger partial charge on any atom is 0.251 e. The summed E-state index contributed by atoms with van der Waals surface area (Å²) < 4.78 is 10.7. The van der Waals surface area contributed by atoms with Gasteiger partial charge in [-0.25, -0.2) is 0 Å². The highest BCUT2D eigenvalue weighted by molar-refractivity contribution is 5.95. The van der Waals surface area contributed by atoms with Gasteiger partial charge in [-0.15, -0.1) is 0 Å². The van der Waals surface area contributed by atoms with Gasteiger partial charge in [0.15, 0.2) is 0 Å². The summed E-state index contributed by atoms with van der Waals surface area (Å²) >= 11 is 0. The molecule has 1 atom stereocenters. The standard InChI is InChI=1S/C17H25N3O4/c1-4-18-16(21)10-13-11-24-15-6-5-12(9-14(15)20(13)2)17(22)19-7-8-23-3/h5-6,9,13H,4,7-8,10-11H2,1-3H3,(H,18,21)(H,19,22)/t13-/m0/s1. The van der Waals surface area contributed by atoms with Crippen LogP contribution < -0.4 is 20.3 Å². The fourth-order valence-corrected chi connectivity index (χ4v) is 2.60. The van der Waals surface area contributed by atoms with Crippen LogP contribution in [0.5, 0.6) is 5.75 Å². The van der Waals surface area contributed by atoms with Gasteiger partial charge in [0.25, 0.3) is 5.91 Å². The second-order valence-electron chi connectivity index (χ2n) is 5.66. The maximum atomic E-state index is 12.2. The van der Waals surface area contributed by atoms with Crippen molar-refractivity contribution in [2.45, 2.75) is 19.4 Å². The molecule has 1 aromatic carbocycles. The zero-order chi connectivity index (χ0) is 17.5. The number of benzene rings is 1. The van der Waals surface area contributed by atoms with Crippen molar-refractivity contribution in [1.29, 1.82) is 0 Å². The molecule has 2 rings (SSSR count). The Morgan fingerprint density at radius 2 is 2.17 bits per heavy atom. The van der Waals surface area contributed by atoms with E-state index in [0.717, 1.165) is 11.4 Å². The monoisotopic (exact) mass is 335 g/mol.